The Morgan fingerprint density at radius 3 is 2.63 bits per heavy atom. The summed E-state index contributed by atoms with van der Waals surface area (Å²) in [5.41, 5.74) is 4.86. The second kappa shape index (κ2) is 9.24. The molecule has 1 N–H and O–H groups in total. The van der Waals surface area contributed by atoms with Gasteiger partial charge in [-0.25, -0.2) is 14.3 Å². The van der Waals surface area contributed by atoms with Crippen molar-refractivity contribution in [2.45, 2.75) is 20.4 Å². The first kappa shape index (κ1) is 22.6. The minimum Gasteiger partial charge on any atom is -0.369 e. The number of nitriles is 1. The standard InChI is InChI=1S/C26H28N8O/c1-4-33-25(35)22-17-28-26(30-24(22)34(33)21-7-5-6-19(15-21)16-27)29-20-8-9-23(18(2)14-20)32-12-10-31(3)11-13-32/h5-9,14-15,17H,4,10-13H2,1-3H3,(H,28,29,30). The van der Waals surface area contributed by atoms with Crippen LogP contribution in [0.2, 0.25) is 0 Å². The Morgan fingerprint density at radius 2 is 1.91 bits per heavy atom. The molecule has 0 atom stereocenters. The van der Waals surface area contributed by atoms with E-state index in [0.717, 1.165) is 31.9 Å². The van der Waals surface area contributed by atoms with Crippen LogP contribution in [0.15, 0.2) is 53.5 Å². The maximum Gasteiger partial charge on any atom is 0.278 e. The van der Waals surface area contributed by atoms with Crippen molar-refractivity contribution >= 4 is 28.4 Å². The third-order valence-corrected chi connectivity index (χ3v) is 6.49. The molecule has 2 aromatic carbocycles. The van der Waals surface area contributed by atoms with Crippen molar-refractivity contribution in [1.29, 1.82) is 5.26 Å². The highest BCUT2D eigenvalue weighted by Gasteiger charge is 2.18. The second-order valence-corrected chi connectivity index (χ2v) is 8.84. The van der Waals surface area contributed by atoms with Gasteiger partial charge in [-0.2, -0.15) is 10.2 Å². The Morgan fingerprint density at radius 1 is 1.11 bits per heavy atom. The zero-order valence-corrected chi connectivity index (χ0v) is 20.2. The number of benzene rings is 2. The van der Waals surface area contributed by atoms with E-state index in [2.05, 4.69) is 52.3 Å². The van der Waals surface area contributed by atoms with E-state index in [9.17, 15) is 10.1 Å². The highest BCUT2D eigenvalue weighted by atomic mass is 16.1. The molecule has 0 saturated carbocycles. The maximum absolute atomic E-state index is 13.0. The van der Waals surface area contributed by atoms with Crippen molar-refractivity contribution in [3.05, 3.63) is 70.1 Å². The summed E-state index contributed by atoms with van der Waals surface area (Å²) in [7, 11) is 2.16. The van der Waals surface area contributed by atoms with Crippen LogP contribution in [0.1, 0.15) is 18.1 Å². The Balaban J connectivity index is 1.50. The molecule has 35 heavy (non-hydrogen) atoms. The van der Waals surface area contributed by atoms with Gasteiger partial charge in [0.05, 0.1) is 17.3 Å². The molecule has 0 amide bonds. The molecular weight excluding hydrogens is 440 g/mol. The molecule has 0 bridgehead atoms. The zero-order valence-electron chi connectivity index (χ0n) is 20.2. The number of hydrogen-bond acceptors (Lipinski definition) is 7. The second-order valence-electron chi connectivity index (χ2n) is 8.84. The van der Waals surface area contributed by atoms with Gasteiger partial charge in [0.25, 0.3) is 5.56 Å². The number of aryl methyl sites for hydroxylation is 1. The number of nitrogens with zero attached hydrogens (tertiary/aromatic N) is 7. The van der Waals surface area contributed by atoms with Gasteiger partial charge in [-0.3, -0.25) is 4.79 Å². The van der Waals surface area contributed by atoms with Gasteiger partial charge in [0.15, 0.2) is 5.65 Å². The Labute approximate surface area is 203 Å². The summed E-state index contributed by atoms with van der Waals surface area (Å²) in [6, 6.07) is 15.6. The first-order valence-corrected chi connectivity index (χ1v) is 11.8. The number of aromatic nitrogens is 4. The Bertz CT molecular complexity index is 1490. The van der Waals surface area contributed by atoms with E-state index in [0.29, 0.717) is 34.8 Å². The van der Waals surface area contributed by atoms with Gasteiger partial charge in [0.1, 0.15) is 5.39 Å². The molecule has 0 unspecified atom stereocenters. The van der Waals surface area contributed by atoms with Crippen LogP contribution < -0.4 is 15.8 Å². The van der Waals surface area contributed by atoms with Crippen LogP contribution in [0.4, 0.5) is 17.3 Å². The lowest BCUT2D eigenvalue weighted by Gasteiger charge is -2.35. The molecule has 1 aliphatic heterocycles. The molecule has 9 heteroatoms. The quantitative estimate of drug-likeness (QED) is 0.480. The van der Waals surface area contributed by atoms with Gasteiger partial charge in [-0.15, -0.1) is 0 Å². The average Bonchev–Trinajstić information content (AvgIpc) is 3.15. The van der Waals surface area contributed by atoms with E-state index in [-0.39, 0.29) is 5.56 Å². The molecule has 178 valence electrons. The van der Waals surface area contributed by atoms with E-state index in [1.54, 1.807) is 33.8 Å². The van der Waals surface area contributed by atoms with Crippen LogP contribution in [0.25, 0.3) is 16.7 Å². The normalized spacial score (nSPS) is 14.3. The predicted octanol–water partition coefficient (Wildman–Crippen LogP) is 3.28. The molecule has 1 saturated heterocycles. The third kappa shape index (κ3) is 4.24. The SMILES string of the molecule is CCn1c(=O)c2cnc(Nc3ccc(N4CCN(C)CC4)c(C)c3)nc2n1-c1cccc(C#N)c1. The highest BCUT2D eigenvalue weighted by Crippen LogP contribution is 2.26. The highest BCUT2D eigenvalue weighted by molar-refractivity contribution is 5.77. The van der Waals surface area contributed by atoms with E-state index in [1.165, 1.54) is 11.3 Å². The molecular formula is C26H28N8O. The van der Waals surface area contributed by atoms with E-state index in [4.69, 9.17) is 4.98 Å². The van der Waals surface area contributed by atoms with E-state index in [1.807, 2.05) is 19.1 Å². The molecule has 0 spiro atoms. The van der Waals surface area contributed by atoms with Crippen molar-refractivity contribution in [3.63, 3.8) is 0 Å². The number of hydrogen-bond donors (Lipinski definition) is 1. The summed E-state index contributed by atoms with van der Waals surface area (Å²) < 4.78 is 3.36. The molecule has 1 fully saturated rings. The summed E-state index contributed by atoms with van der Waals surface area (Å²) in [5, 5.41) is 13.1. The fourth-order valence-corrected chi connectivity index (χ4v) is 4.61. The first-order valence-electron chi connectivity index (χ1n) is 11.8. The van der Waals surface area contributed by atoms with Crippen molar-refractivity contribution in [2.75, 3.05) is 43.4 Å². The molecule has 9 nitrogen and oxygen atoms in total. The molecule has 4 aromatic rings. The van der Waals surface area contributed by atoms with Crippen LogP contribution >= 0.6 is 0 Å². The molecule has 5 rings (SSSR count). The average molecular weight is 469 g/mol. The number of nitrogens with one attached hydrogen (secondary N) is 1. The smallest absolute Gasteiger partial charge is 0.278 e. The molecule has 0 radical (unpaired) electrons. The third-order valence-electron chi connectivity index (χ3n) is 6.49. The fourth-order valence-electron chi connectivity index (χ4n) is 4.61. The van der Waals surface area contributed by atoms with Crippen molar-refractivity contribution in [3.8, 4) is 11.8 Å². The first-order chi connectivity index (χ1) is 17.0. The summed E-state index contributed by atoms with van der Waals surface area (Å²) in [5.74, 6) is 0.405. The number of rotatable bonds is 5. The van der Waals surface area contributed by atoms with Crippen molar-refractivity contribution < 1.29 is 0 Å². The number of fused-ring (bicyclic) bond motifs is 1. The molecule has 2 aromatic heterocycles. The fraction of sp³-hybridized carbons (Fsp3) is 0.308. The summed E-state index contributed by atoms with van der Waals surface area (Å²) in [6.45, 7) is 8.63. The van der Waals surface area contributed by atoms with Crippen LogP contribution in [0, 0.1) is 18.3 Å². The van der Waals surface area contributed by atoms with E-state index < -0.39 is 0 Å². The van der Waals surface area contributed by atoms with Gasteiger partial charge in [0.2, 0.25) is 5.95 Å². The monoisotopic (exact) mass is 468 g/mol. The van der Waals surface area contributed by atoms with Gasteiger partial charge in [0, 0.05) is 50.3 Å². The number of piperazine rings is 1. The van der Waals surface area contributed by atoms with Crippen LogP contribution in [-0.2, 0) is 6.54 Å². The van der Waals surface area contributed by atoms with Crippen molar-refractivity contribution in [2.24, 2.45) is 0 Å². The zero-order chi connectivity index (χ0) is 24.5. The Kier molecular flexibility index (Phi) is 5.97. The topological polar surface area (TPSA) is 95.0 Å². The maximum atomic E-state index is 13.0. The lowest BCUT2D eigenvalue weighted by atomic mass is 10.1. The molecule has 1 aliphatic rings. The summed E-state index contributed by atoms with van der Waals surface area (Å²) >= 11 is 0. The molecule has 0 aliphatic carbocycles. The molecule has 3 heterocycles. The largest absolute Gasteiger partial charge is 0.369 e. The summed E-state index contributed by atoms with van der Waals surface area (Å²) in [4.78, 5) is 26.9. The van der Waals surface area contributed by atoms with Crippen LogP contribution in [-0.4, -0.2) is 57.5 Å². The van der Waals surface area contributed by atoms with Gasteiger partial charge in [-0.1, -0.05) is 6.07 Å². The number of likely N-dealkylation sites (N-methyl/N-ethyl adjacent to an activating group) is 1. The van der Waals surface area contributed by atoms with Gasteiger partial charge in [-0.05, 0) is 62.9 Å². The minimum atomic E-state index is -0.163. The minimum absolute atomic E-state index is 0.163. The van der Waals surface area contributed by atoms with Crippen molar-refractivity contribution in [1.82, 2.24) is 24.2 Å². The van der Waals surface area contributed by atoms with Crippen LogP contribution in [0.3, 0.4) is 0 Å². The lowest BCUT2D eigenvalue weighted by molar-refractivity contribution is 0.312. The van der Waals surface area contributed by atoms with E-state index >= 15 is 0 Å². The Hall–Kier alpha value is -4.16. The van der Waals surface area contributed by atoms with Crippen LogP contribution in [0.5, 0.6) is 0 Å². The summed E-state index contributed by atoms with van der Waals surface area (Å²) in [6.07, 6.45) is 1.56. The van der Waals surface area contributed by atoms with Gasteiger partial charge >= 0.3 is 0 Å². The van der Waals surface area contributed by atoms with Gasteiger partial charge < -0.3 is 15.1 Å². The lowest BCUT2D eigenvalue weighted by Crippen LogP contribution is -2.44. The predicted molar refractivity (Wildman–Crippen MR) is 138 cm³/mol. The number of anilines is 3.